The maximum absolute atomic E-state index is 9.09. The van der Waals surface area contributed by atoms with Gasteiger partial charge >= 0.3 is 0 Å². The van der Waals surface area contributed by atoms with Gasteiger partial charge in [-0.05, 0) is 6.92 Å². The highest BCUT2D eigenvalue weighted by Crippen LogP contribution is 2.19. The normalized spacial score (nSPS) is 48.0. The first-order chi connectivity index (χ1) is 4.66. The average Bonchev–Trinajstić information content (AvgIpc) is 2.17. The van der Waals surface area contributed by atoms with E-state index in [4.69, 9.17) is 20.1 Å². The number of rotatable bonds is 1. The third kappa shape index (κ3) is 1.15. The van der Waals surface area contributed by atoms with Gasteiger partial charge in [-0.25, -0.2) is 0 Å². The second-order valence-electron chi connectivity index (χ2n) is 2.54. The van der Waals surface area contributed by atoms with Gasteiger partial charge in [-0.2, -0.15) is 0 Å². The summed E-state index contributed by atoms with van der Waals surface area (Å²) in [5.41, 5.74) is 0. The summed E-state index contributed by atoms with van der Waals surface area (Å²) in [5.74, 6) is 0. The van der Waals surface area contributed by atoms with Crippen molar-refractivity contribution in [2.75, 3.05) is 6.61 Å². The smallest absolute Gasteiger partial charge is 0.111 e. The Bertz CT molecular complexity index is 116. The van der Waals surface area contributed by atoms with E-state index in [0.717, 1.165) is 0 Å². The van der Waals surface area contributed by atoms with Gasteiger partial charge in [0, 0.05) is 0 Å². The predicted octanol–water partition coefficient (Wildman–Crippen LogP) is -1.51. The van der Waals surface area contributed by atoms with Gasteiger partial charge in [0.05, 0.1) is 12.7 Å². The van der Waals surface area contributed by atoms with E-state index in [9.17, 15) is 0 Å². The van der Waals surface area contributed by atoms with Gasteiger partial charge in [0.25, 0.3) is 0 Å². The molecule has 3 N–H and O–H groups in total. The Kier molecular flexibility index (Phi) is 2.25. The highest BCUT2D eigenvalue weighted by molar-refractivity contribution is 4.87. The van der Waals surface area contributed by atoms with Gasteiger partial charge in [0.15, 0.2) is 0 Å². The molecule has 0 unspecified atom stereocenters. The fourth-order valence-electron chi connectivity index (χ4n) is 1.09. The number of hydrogen-bond donors (Lipinski definition) is 3. The minimum absolute atomic E-state index is 0.247. The Morgan fingerprint density at radius 1 is 1.30 bits per heavy atom. The van der Waals surface area contributed by atoms with Gasteiger partial charge in [0.1, 0.15) is 18.3 Å². The first-order valence-electron chi connectivity index (χ1n) is 3.29. The lowest BCUT2D eigenvalue weighted by Gasteiger charge is -2.10. The maximum atomic E-state index is 9.09. The molecule has 60 valence electrons. The molecule has 4 atom stereocenters. The summed E-state index contributed by atoms with van der Waals surface area (Å²) in [6, 6.07) is 0. The zero-order chi connectivity index (χ0) is 7.72. The quantitative estimate of drug-likeness (QED) is 0.422. The number of aliphatic hydroxyl groups is 3. The van der Waals surface area contributed by atoms with Gasteiger partial charge in [-0.15, -0.1) is 0 Å². The van der Waals surface area contributed by atoms with E-state index in [2.05, 4.69) is 0 Å². The Morgan fingerprint density at radius 2 is 1.90 bits per heavy atom. The maximum Gasteiger partial charge on any atom is 0.111 e. The second kappa shape index (κ2) is 2.84. The third-order valence-corrected chi connectivity index (χ3v) is 1.78. The lowest BCUT2D eigenvalue weighted by Crippen LogP contribution is -2.33. The Balaban J connectivity index is 2.53. The van der Waals surface area contributed by atoms with E-state index in [0.29, 0.717) is 0 Å². The monoisotopic (exact) mass is 148 g/mol. The summed E-state index contributed by atoms with van der Waals surface area (Å²) >= 11 is 0. The highest BCUT2D eigenvalue weighted by atomic mass is 16.5. The summed E-state index contributed by atoms with van der Waals surface area (Å²) in [4.78, 5) is 0. The molecule has 1 rings (SSSR count). The molecular formula is C6H12O4. The van der Waals surface area contributed by atoms with Crippen LogP contribution >= 0.6 is 0 Å². The molecule has 4 nitrogen and oxygen atoms in total. The lowest BCUT2D eigenvalue weighted by molar-refractivity contribution is -0.0171. The molecule has 4 heteroatoms. The van der Waals surface area contributed by atoms with E-state index in [-0.39, 0.29) is 12.7 Å². The van der Waals surface area contributed by atoms with Crippen LogP contribution in [-0.2, 0) is 4.74 Å². The number of aliphatic hydroxyl groups excluding tert-OH is 3. The molecule has 1 aliphatic heterocycles. The van der Waals surface area contributed by atoms with Crippen LogP contribution in [0.3, 0.4) is 0 Å². The molecule has 0 bridgehead atoms. The largest absolute Gasteiger partial charge is 0.394 e. The summed E-state index contributed by atoms with van der Waals surface area (Å²) < 4.78 is 4.98. The van der Waals surface area contributed by atoms with E-state index in [1.807, 2.05) is 0 Å². The van der Waals surface area contributed by atoms with Crippen LogP contribution in [-0.4, -0.2) is 46.3 Å². The van der Waals surface area contributed by atoms with Gasteiger partial charge in [-0.3, -0.25) is 0 Å². The van der Waals surface area contributed by atoms with Crippen molar-refractivity contribution >= 4 is 0 Å². The molecule has 0 radical (unpaired) electrons. The van der Waals surface area contributed by atoms with Crippen molar-refractivity contribution in [3.63, 3.8) is 0 Å². The lowest BCUT2D eigenvalue weighted by atomic mass is 10.1. The molecule has 1 fully saturated rings. The zero-order valence-corrected chi connectivity index (χ0v) is 5.77. The second-order valence-corrected chi connectivity index (χ2v) is 2.54. The van der Waals surface area contributed by atoms with E-state index in [1.54, 1.807) is 6.92 Å². The fraction of sp³-hybridized carbons (Fsp3) is 1.00. The Labute approximate surface area is 59.1 Å². The zero-order valence-electron chi connectivity index (χ0n) is 5.77. The predicted molar refractivity (Wildman–Crippen MR) is 33.4 cm³/mol. The third-order valence-electron chi connectivity index (χ3n) is 1.78. The van der Waals surface area contributed by atoms with E-state index >= 15 is 0 Å². The standard InChI is InChI=1S/C6H12O4/c1-3-5(8)6(9)4(2-7)10-3/h3-9H,2H2,1H3/t3-,4+,5-,6-/m0/s1. The molecule has 0 amide bonds. The Morgan fingerprint density at radius 3 is 2.10 bits per heavy atom. The molecule has 0 aromatic heterocycles. The SMILES string of the molecule is C[C@@H]1O[C@H](CO)[C@H](O)[C@H]1O. The molecule has 0 spiro atoms. The molecule has 0 aliphatic carbocycles. The van der Waals surface area contributed by atoms with Crippen molar-refractivity contribution in [3.05, 3.63) is 0 Å². The van der Waals surface area contributed by atoms with Gasteiger partial charge in [0.2, 0.25) is 0 Å². The van der Waals surface area contributed by atoms with Crippen LogP contribution in [0.1, 0.15) is 6.92 Å². The van der Waals surface area contributed by atoms with Crippen LogP contribution in [0.5, 0.6) is 0 Å². The van der Waals surface area contributed by atoms with Crippen LogP contribution in [0.25, 0.3) is 0 Å². The minimum Gasteiger partial charge on any atom is -0.394 e. The van der Waals surface area contributed by atoms with Crippen molar-refractivity contribution in [1.82, 2.24) is 0 Å². The number of ether oxygens (including phenoxy) is 1. The van der Waals surface area contributed by atoms with Crippen LogP contribution in [0.4, 0.5) is 0 Å². The molecule has 1 saturated heterocycles. The summed E-state index contributed by atoms with van der Waals surface area (Å²) in [7, 11) is 0. The topological polar surface area (TPSA) is 69.9 Å². The van der Waals surface area contributed by atoms with Crippen LogP contribution < -0.4 is 0 Å². The van der Waals surface area contributed by atoms with Crippen molar-refractivity contribution < 1.29 is 20.1 Å². The van der Waals surface area contributed by atoms with E-state index in [1.165, 1.54) is 0 Å². The molecule has 0 saturated carbocycles. The van der Waals surface area contributed by atoms with Crippen molar-refractivity contribution in [2.24, 2.45) is 0 Å². The molecule has 1 heterocycles. The molecule has 1 aliphatic rings. The van der Waals surface area contributed by atoms with Gasteiger partial charge < -0.3 is 20.1 Å². The molecule has 10 heavy (non-hydrogen) atoms. The van der Waals surface area contributed by atoms with Gasteiger partial charge in [-0.1, -0.05) is 0 Å². The van der Waals surface area contributed by atoms with E-state index < -0.39 is 18.3 Å². The average molecular weight is 148 g/mol. The molecule has 0 aromatic rings. The van der Waals surface area contributed by atoms with Crippen LogP contribution in [0.2, 0.25) is 0 Å². The summed E-state index contributed by atoms with van der Waals surface area (Å²) in [6.45, 7) is 1.41. The van der Waals surface area contributed by atoms with Crippen molar-refractivity contribution in [2.45, 2.75) is 31.3 Å². The summed E-state index contributed by atoms with van der Waals surface area (Å²) in [6.07, 6.45) is -2.81. The van der Waals surface area contributed by atoms with Crippen LogP contribution in [0.15, 0.2) is 0 Å². The molecular weight excluding hydrogens is 136 g/mol. The van der Waals surface area contributed by atoms with Crippen LogP contribution in [0, 0.1) is 0 Å². The van der Waals surface area contributed by atoms with Crippen molar-refractivity contribution in [3.8, 4) is 0 Å². The first kappa shape index (κ1) is 7.94. The minimum atomic E-state index is -0.944. The summed E-state index contributed by atoms with van der Waals surface area (Å²) in [5, 5.41) is 26.8. The number of hydrogen-bond acceptors (Lipinski definition) is 4. The fourth-order valence-corrected chi connectivity index (χ4v) is 1.09. The van der Waals surface area contributed by atoms with Crippen molar-refractivity contribution in [1.29, 1.82) is 0 Å². The first-order valence-corrected chi connectivity index (χ1v) is 3.29. The Hall–Kier alpha value is -0.160. The molecule has 0 aromatic carbocycles. The highest BCUT2D eigenvalue weighted by Gasteiger charge is 2.39.